The molecule has 3 aliphatic rings. The van der Waals surface area contributed by atoms with Crippen molar-refractivity contribution in [2.24, 2.45) is 0 Å². The van der Waals surface area contributed by atoms with Crippen molar-refractivity contribution in [1.82, 2.24) is 49.8 Å². The van der Waals surface area contributed by atoms with Gasteiger partial charge in [-0.2, -0.15) is 0 Å². The Balaban J connectivity index is 0.000000146. The lowest BCUT2D eigenvalue weighted by atomic mass is 10.00. The number of fused-ring (bicyclic) bond motifs is 3. The zero-order valence-corrected chi connectivity index (χ0v) is 62.6. The fourth-order valence-corrected chi connectivity index (χ4v) is 13.7. The van der Waals surface area contributed by atoms with Crippen LogP contribution in [0, 0.1) is 26.6 Å². The quantitative estimate of drug-likeness (QED) is 0.0803. The molecule has 0 bridgehead atoms. The molecule has 10 aromatic rings. The van der Waals surface area contributed by atoms with Crippen molar-refractivity contribution in [3.8, 4) is 85.0 Å². The minimum atomic E-state index is -0.500. The van der Waals surface area contributed by atoms with Gasteiger partial charge < -0.3 is 52.4 Å². The van der Waals surface area contributed by atoms with Crippen LogP contribution in [0.5, 0.6) is 28.7 Å². The molecule has 0 radical (unpaired) electrons. The van der Waals surface area contributed by atoms with Crippen molar-refractivity contribution in [1.29, 1.82) is 0 Å². The topological polar surface area (TPSA) is 305 Å². The second kappa shape index (κ2) is 33.2. The molecule has 20 nitrogen and oxygen atoms in total. The lowest BCUT2D eigenvalue weighted by Crippen LogP contribution is -2.06. The first-order valence-electron chi connectivity index (χ1n) is 31.0. The summed E-state index contributed by atoms with van der Waals surface area (Å²) in [4.78, 5) is 42.4. The third-order valence-corrected chi connectivity index (χ3v) is 18.5. The minimum Gasteiger partial charge on any atom is -0.495 e. The second-order valence-electron chi connectivity index (χ2n) is 23.5. The molecule has 5 aromatic heterocycles. The van der Waals surface area contributed by atoms with Crippen LogP contribution in [0.3, 0.4) is 0 Å². The average Bonchev–Trinajstić information content (AvgIpc) is 1.48. The molecule has 524 valence electrons. The maximum absolute atomic E-state index is 13.6. The van der Waals surface area contributed by atoms with Gasteiger partial charge in [0, 0.05) is 79.4 Å². The number of aryl methyl sites for hydroxylation is 4. The summed E-state index contributed by atoms with van der Waals surface area (Å²) >= 11 is 55.7. The van der Waals surface area contributed by atoms with Crippen molar-refractivity contribution < 1.29 is 28.1 Å². The van der Waals surface area contributed by atoms with Gasteiger partial charge >= 0.3 is 0 Å². The average molecular weight is 1540 g/mol. The molecule has 0 amide bonds. The first kappa shape index (κ1) is 76.2. The Kier molecular flexibility index (Phi) is 25.3. The number of methoxy groups -OCH3 is 3. The Morgan fingerprint density at radius 2 is 0.870 bits per heavy atom. The Morgan fingerprint density at radius 1 is 0.420 bits per heavy atom. The molecule has 6 heterocycles. The van der Waals surface area contributed by atoms with Crippen LogP contribution >= 0.6 is 104 Å². The molecule has 13 rings (SSSR count). The van der Waals surface area contributed by atoms with Crippen LogP contribution in [-0.2, 0) is 32.1 Å². The maximum Gasteiger partial charge on any atom is 0.220 e. The number of nitrogens with two attached hydrogens (primary N) is 5. The first-order valence-corrected chi connectivity index (χ1v) is 34.4. The van der Waals surface area contributed by atoms with Gasteiger partial charge in [-0.1, -0.05) is 118 Å². The van der Waals surface area contributed by atoms with E-state index in [-0.39, 0.29) is 52.5 Å². The Hall–Kier alpha value is -7.96. The van der Waals surface area contributed by atoms with Gasteiger partial charge in [0.2, 0.25) is 29.7 Å². The predicted octanol–water partition coefficient (Wildman–Crippen LogP) is 18.4. The highest BCUT2D eigenvalue weighted by atomic mass is 35.5. The summed E-state index contributed by atoms with van der Waals surface area (Å²) < 4.78 is 40.3. The fourth-order valence-electron chi connectivity index (χ4n) is 11.1. The number of anilines is 5. The van der Waals surface area contributed by atoms with Gasteiger partial charge in [0.25, 0.3) is 0 Å². The van der Waals surface area contributed by atoms with Crippen LogP contribution in [0.1, 0.15) is 97.2 Å². The normalized spacial score (nSPS) is 12.3. The van der Waals surface area contributed by atoms with Gasteiger partial charge in [-0.3, -0.25) is 0 Å². The van der Waals surface area contributed by atoms with Crippen LogP contribution in [0.4, 0.5) is 34.1 Å². The third-order valence-electron chi connectivity index (χ3n) is 15.8. The van der Waals surface area contributed by atoms with E-state index >= 15 is 0 Å². The number of hydrogen-bond acceptors (Lipinski definition) is 20. The van der Waals surface area contributed by atoms with E-state index in [1.807, 2.05) is 46.8 Å². The monoisotopic (exact) mass is 1530 g/mol. The van der Waals surface area contributed by atoms with Crippen molar-refractivity contribution in [3.05, 3.63) is 168 Å². The molecule has 30 heteroatoms. The summed E-state index contributed by atoms with van der Waals surface area (Å²) in [5.74, 6) is 3.39. The van der Waals surface area contributed by atoms with Crippen molar-refractivity contribution in [3.63, 3.8) is 0 Å². The molecule has 0 saturated heterocycles. The van der Waals surface area contributed by atoms with Gasteiger partial charge in [-0.05, 0) is 151 Å². The fraction of sp³-hybridized carbons (Fsp3) is 0.286. The van der Waals surface area contributed by atoms with Crippen LogP contribution in [0.25, 0.3) is 56.3 Å². The highest BCUT2D eigenvalue weighted by Gasteiger charge is 2.27. The first-order chi connectivity index (χ1) is 47.5. The number of nitrogen functional groups attached to an aromatic ring is 5. The second-order valence-corrected chi connectivity index (χ2v) is 27.1. The summed E-state index contributed by atoms with van der Waals surface area (Å²) in [6.45, 7) is 14.2. The number of halogens is 10. The molecule has 10 N–H and O–H groups in total. The SMILES string of the molecule is CC(C)c1cc(-c2c(Cl)cc(Cl)c3c2CCO3)nc(N)n1.COc1cc(-c2nc(N)nc(C)c2C)c(Cl)cc1Cl.COc1cc(-c2nc(N)nc3c2CCC3)c(Cl)cc1Cl.COc1cc(-c2nc(N)nc3c2CCC3)c(Cl)cc1F.Cc1cc(-c2cc(OC(C)C)c(Cl)cc2Cl)nc(N)n1. The highest BCUT2D eigenvalue weighted by Crippen LogP contribution is 2.46. The maximum atomic E-state index is 13.6. The number of ether oxygens (including phenoxy) is 5. The zero-order valence-electron chi connectivity index (χ0n) is 55.8. The predicted molar refractivity (Wildman–Crippen MR) is 401 cm³/mol. The lowest BCUT2D eigenvalue weighted by Gasteiger charge is -2.14. The van der Waals surface area contributed by atoms with E-state index in [1.165, 1.54) is 13.2 Å². The molecule has 5 aromatic carbocycles. The molecule has 0 spiro atoms. The van der Waals surface area contributed by atoms with Gasteiger partial charge in [-0.15, -0.1) is 0 Å². The minimum absolute atomic E-state index is 0.0127. The smallest absolute Gasteiger partial charge is 0.220 e. The van der Waals surface area contributed by atoms with Crippen molar-refractivity contribution in [2.45, 2.75) is 105 Å². The summed E-state index contributed by atoms with van der Waals surface area (Å²) in [5, 5.41) is 4.27. The zero-order chi connectivity index (χ0) is 72.7. The van der Waals surface area contributed by atoms with E-state index < -0.39 is 5.82 Å². The summed E-state index contributed by atoms with van der Waals surface area (Å²) in [5.41, 5.74) is 44.4. The largest absolute Gasteiger partial charge is 0.495 e. The number of aromatic nitrogens is 10. The standard InChI is InChI=1S/C15H15Cl2N3O.C14H13Cl2N3O.C14H15Cl2N3O.C14H13ClFN3O.C13H13Cl2N3O/c1-7(2)11-6-12(20-15(18)19-11)13-8-3-4-21-14(8)10(17)5-9(13)16;1-20-12-5-8(9(15)6-10(12)16)13-7-3-2-4-11(7)18-14(17)19-13;1-7(2)20-13-5-9(10(15)6-11(13)16)12-4-8(3)18-14(17)19-12;1-20-12-5-8(9(15)6-10(12)16)13-7-3-2-4-11(7)18-14(17)19-13;1-6-7(2)17-13(16)18-12(6)8-4-11(19-3)10(15)5-9(8)14/h5-7H,3-4H2,1-2H3,(H2,18,19,20);5-6H,2-4H2,1H3,(H2,17,18,19);4-7H,1-3H3,(H2,17,18,19);5-6H,2-4H2,1H3,(H2,17,18,19);4-5H,1-3H3,(H2,16,17,18). The summed E-state index contributed by atoms with van der Waals surface area (Å²) in [7, 11) is 4.53. The highest BCUT2D eigenvalue weighted by molar-refractivity contribution is 6.39. The van der Waals surface area contributed by atoms with Crippen LogP contribution < -0.4 is 52.4 Å². The number of nitrogens with zero attached hydrogens (tertiary/aromatic N) is 10. The summed E-state index contributed by atoms with van der Waals surface area (Å²) in [6.07, 6.45) is 6.46. The Bertz CT molecular complexity index is 4610. The van der Waals surface area contributed by atoms with E-state index in [4.69, 9.17) is 157 Å². The van der Waals surface area contributed by atoms with E-state index in [0.717, 1.165) is 124 Å². The molecular formula is C70H69Cl9FN15O5. The Morgan fingerprint density at radius 3 is 1.40 bits per heavy atom. The molecule has 0 atom stereocenters. The van der Waals surface area contributed by atoms with Gasteiger partial charge in [-0.25, -0.2) is 54.2 Å². The molecule has 0 unspecified atom stereocenters. The Labute approximate surface area is 623 Å². The molecule has 2 aliphatic carbocycles. The summed E-state index contributed by atoms with van der Waals surface area (Å²) in [6, 6.07) is 18.5. The van der Waals surface area contributed by atoms with E-state index in [0.29, 0.717) is 98.0 Å². The van der Waals surface area contributed by atoms with Gasteiger partial charge in [0.05, 0.1) is 108 Å². The number of hydrogen-bond donors (Lipinski definition) is 5. The van der Waals surface area contributed by atoms with Crippen LogP contribution in [-0.4, -0.2) is 83.9 Å². The number of benzene rings is 5. The van der Waals surface area contributed by atoms with Gasteiger partial charge in [0.1, 0.15) is 23.0 Å². The van der Waals surface area contributed by atoms with Gasteiger partial charge in [0.15, 0.2) is 11.6 Å². The van der Waals surface area contributed by atoms with Crippen molar-refractivity contribution >= 4 is 134 Å². The molecule has 1 aliphatic heterocycles. The lowest BCUT2D eigenvalue weighted by molar-refractivity contribution is 0.242. The van der Waals surface area contributed by atoms with E-state index in [2.05, 4.69) is 63.7 Å². The van der Waals surface area contributed by atoms with Crippen LogP contribution in [0.2, 0.25) is 45.2 Å². The number of rotatable bonds is 11. The third kappa shape index (κ3) is 17.8. The molecular weight excluding hydrogens is 1470 g/mol. The van der Waals surface area contributed by atoms with E-state index in [1.54, 1.807) is 62.8 Å². The molecule has 0 saturated carbocycles. The van der Waals surface area contributed by atoms with Crippen molar-refractivity contribution in [2.75, 3.05) is 56.6 Å². The molecule has 100 heavy (non-hydrogen) atoms. The van der Waals surface area contributed by atoms with Crippen LogP contribution in [0.15, 0.2) is 66.7 Å². The molecule has 0 fully saturated rings. The van der Waals surface area contributed by atoms with E-state index in [9.17, 15) is 4.39 Å².